The zero-order valence-electron chi connectivity index (χ0n) is 13.5. The standard InChI is InChI=1S/C18H21ClFNO2/c1-12(2)21-10-14-8-17(22-3)18(9-16(14)19)23-11-13-4-6-15(20)7-5-13/h4-9,12,21H,10-11H2,1-3H3. The third-order valence-electron chi connectivity index (χ3n) is 3.34. The van der Waals surface area contributed by atoms with Crippen LogP contribution < -0.4 is 14.8 Å². The van der Waals surface area contributed by atoms with E-state index >= 15 is 0 Å². The van der Waals surface area contributed by atoms with Crippen molar-refractivity contribution in [3.63, 3.8) is 0 Å². The number of benzene rings is 2. The van der Waals surface area contributed by atoms with Gasteiger partial charge in [0.2, 0.25) is 0 Å². The van der Waals surface area contributed by atoms with Gasteiger partial charge >= 0.3 is 0 Å². The molecule has 0 saturated carbocycles. The van der Waals surface area contributed by atoms with Crippen molar-refractivity contribution in [1.29, 1.82) is 0 Å². The van der Waals surface area contributed by atoms with Gasteiger partial charge in [-0.2, -0.15) is 0 Å². The predicted molar refractivity (Wildman–Crippen MR) is 90.7 cm³/mol. The van der Waals surface area contributed by atoms with Crippen molar-refractivity contribution in [3.8, 4) is 11.5 Å². The van der Waals surface area contributed by atoms with E-state index in [1.807, 2.05) is 6.07 Å². The molecule has 0 aromatic heterocycles. The summed E-state index contributed by atoms with van der Waals surface area (Å²) in [6.07, 6.45) is 0. The van der Waals surface area contributed by atoms with Gasteiger partial charge in [0.05, 0.1) is 7.11 Å². The predicted octanol–water partition coefficient (Wildman–Crippen LogP) is 4.56. The summed E-state index contributed by atoms with van der Waals surface area (Å²) in [5, 5.41) is 3.94. The Labute approximate surface area is 141 Å². The number of rotatable bonds is 7. The minimum absolute atomic E-state index is 0.267. The van der Waals surface area contributed by atoms with Crippen LogP contribution in [0.4, 0.5) is 4.39 Å². The minimum atomic E-state index is -0.267. The molecule has 124 valence electrons. The third kappa shape index (κ3) is 5.12. The Kier molecular flexibility index (Phi) is 6.25. The van der Waals surface area contributed by atoms with E-state index in [-0.39, 0.29) is 5.82 Å². The van der Waals surface area contributed by atoms with Gasteiger partial charge in [-0.3, -0.25) is 0 Å². The first-order valence-corrected chi connectivity index (χ1v) is 7.84. The minimum Gasteiger partial charge on any atom is -0.493 e. The van der Waals surface area contributed by atoms with Crippen molar-refractivity contribution in [2.75, 3.05) is 7.11 Å². The maximum absolute atomic E-state index is 12.9. The van der Waals surface area contributed by atoms with Crippen LogP contribution in [-0.4, -0.2) is 13.2 Å². The lowest BCUT2D eigenvalue weighted by Gasteiger charge is -2.15. The van der Waals surface area contributed by atoms with E-state index in [1.54, 1.807) is 25.3 Å². The van der Waals surface area contributed by atoms with Crippen LogP contribution in [-0.2, 0) is 13.2 Å². The maximum atomic E-state index is 12.9. The van der Waals surface area contributed by atoms with Gasteiger partial charge in [0.25, 0.3) is 0 Å². The Bertz CT molecular complexity index is 644. The first kappa shape index (κ1) is 17.6. The van der Waals surface area contributed by atoms with Crippen molar-refractivity contribution in [3.05, 3.63) is 58.4 Å². The summed E-state index contributed by atoms with van der Waals surface area (Å²) in [5.41, 5.74) is 1.82. The van der Waals surface area contributed by atoms with E-state index in [0.717, 1.165) is 11.1 Å². The highest BCUT2D eigenvalue weighted by Crippen LogP contribution is 2.34. The van der Waals surface area contributed by atoms with Crippen molar-refractivity contribution in [1.82, 2.24) is 5.32 Å². The second kappa shape index (κ2) is 8.18. The molecular formula is C18H21ClFNO2. The largest absolute Gasteiger partial charge is 0.493 e. The van der Waals surface area contributed by atoms with Gasteiger partial charge < -0.3 is 14.8 Å². The summed E-state index contributed by atoms with van der Waals surface area (Å²) >= 11 is 6.32. The Morgan fingerprint density at radius 3 is 2.43 bits per heavy atom. The number of halogens is 2. The van der Waals surface area contributed by atoms with Gasteiger partial charge in [-0.05, 0) is 29.3 Å². The zero-order valence-corrected chi connectivity index (χ0v) is 14.3. The fourth-order valence-electron chi connectivity index (χ4n) is 2.04. The van der Waals surface area contributed by atoms with Gasteiger partial charge in [0.15, 0.2) is 11.5 Å². The Hall–Kier alpha value is -1.78. The van der Waals surface area contributed by atoms with Crippen LogP contribution in [0, 0.1) is 5.82 Å². The van der Waals surface area contributed by atoms with Crippen LogP contribution in [0.5, 0.6) is 11.5 Å². The van der Waals surface area contributed by atoms with E-state index in [9.17, 15) is 4.39 Å². The molecule has 23 heavy (non-hydrogen) atoms. The number of hydrogen-bond donors (Lipinski definition) is 1. The van der Waals surface area contributed by atoms with E-state index in [0.29, 0.717) is 35.7 Å². The van der Waals surface area contributed by atoms with Crippen molar-refractivity contribution >= 4 is 11.6 Å². The second-order valence-corrected chi connectivity index (χ2v) is 5.95. The lowest BCUT2D eigenvalue weighted by atomic mass is 10.2. The van der Waals surface area contributed by atoms with Gasteiger partial charge in [-0.1, -0.05) is 37.6 Å². The molecule has 0 fully saturated rings. The Morgan fingerprint density at radius 2 is 1.83 bits per heavy atom. The molecule has 1 N–H and O–H groups in total. The van der Waals surface area contributed by atoms with Gasteiger partial charge in [0.1, 0.15) is 12.4 Å². The average molecular weight is 338 g/mol. The molecule has 0 unspecified atom stereocenters. The number of nitrogens with one attached hydrogen (secondary N) is 1. The van der Waals surface area contributed by atoms with Crippen LogP contribution in [0.15, 0.2) is 36.4 Å². The van der Waals surface area contributed by atoms with Crippen LogP contribution in [0.3, 0.4) is 0 Å². The zero-order chi connectivity index (χ0) is 16.8. The molecule has 0 heterocycles. The number of methoxy groups -OCH3 is 1. The lowest BCUT2D eigenvalue weighted by molar-refractivity contribution is 0.284. The fourth-order valence-corrected chi connectivity index (χ4v) is 2.26. The molecular weight excluding hydrogens is 317 g/mol. The highest BCUT2D eigenvalue weighted by Gasteiger charge is 2.11. The molecule has 3 nitrogen and oxygen atoms in total. The molecule has 2 aromatic carbocycles. The van der Waals surface area contributed by atoms with Crippen molar-refractivity contribution < 1.29 is 13.9 Å². The van der Waals surface area contributed by atoms with E-state index < -0.39 is 0 Å². The Balaban J connectivity index is 2.11. The molecule has 0 saturated heterocycles. The fraction of sp³-hybridized carbons (Fsp3) is 0.333. The van der Waals surface area contributed by atoms with E-state index in [1.165, 1.54) is 12.1 Å². The van der Waals surface area contributed by atoms with Crippen LogP contribution in [0.25, 0.3) is 0 Å². The highest BCUT2D eigenvalue weighted by molar-refractivity contribution is 6.31. The monoisotopic (exact) mass is 337 g/mol. The van der Waals surface area contributed by atoms with Gasteiger partial charge in [-0.15, -0.1) is 0 Å². The Morgan fingerprint density at radius 1 is 1.13 bits per heavy atom. The molecule has 0 spiro atoms. The summed E-state index contributed by atoms with van der Waals surface area (Å²) in [7, 11) is 1.59. The maximum Gasteiger partial charge on any atom is 0.163 e. The summed E-state index contributed by atoms with van der Waals surface area (Å²) in [4.78, 5) is 0. The normalized spacial score (nSPS) is 10.9. The smallest absolute Gasteiger partial charge is 0.163 e. The van der Waals surface area contributed by atoms with E-state index in [4.69, 9.17) is 21.1 Å². The molecule has 0 amide bonds. The molecule has 0 bridgehead atoms. The average Bonchev–Trinajstić information content (AvgIpc) is 2.53. The topological polar surface area (TPSA) is 30.5 Å². The van der Waals surface area contributed by atoms with E-state index in [2.05, 4.69) is 19.2 Å². The summed E-state index contributed by atoms with van der Waals surface area (Å²) in [6, 6.07) is 10.2. The molecule has 5 heteroatoms. The number of ether oxygens (including phenoxy) is 2. The third-order valence-corrected chi connectivity index (χ3v) is 3.69. The lowest BCUT2D eigenvalue weighted by Crippen LogP contribution is -2.22. The van der Waals surface area contributed by atoms with Crippen molar-refractivity contribution in [2.24, 2.45) is 0 Å². The summed E-state index contributed by atoms with van der Waals surface area (Å²) in [5.74, 6) is 0.920. The first-order chi connectivity index (χ1) is 11.0. The molecule has 0 aliphatic carbocycles. The molecule has 0 aliphatic heterocycles. The molecule has 0 atom stereocenters. The van der Waals surface area contributed by atoms with Crippen molar-refractivity contribution in [2.45, 2.75) is 33.0 Å². The molecule has 0 radical (unpaired) electrons. The molecule has 2 rings (SSSR count). The SMILES string of the molecule is COc1cc(CNC(C)C)c(Cl)cc1OCc1ccc(F)cc1. The van der Waals surface area contributed by atoms with Gasteiger partial charge in [0, 0.05) is 23.7 Å². The van der Waals surface area contributed by atoms with Crippen LogP contribution in [0.2, 0.25) is 5.02 Å². The quantitative estimate of drug-likeness (QED) is 0.803. The second-order valence-electron chi connectivity index (χ2n) is 5.55. The van der Waals surface area contributed by atoms with Crippen LogP contribution >= 0.6 is 11.6 Å². The summed E-state index contributed by atoms with van der Waals surface area (Å²) in [6.45, 7) is 5.12. The van der Waals surface area contributed by atoms with Crippen LogP contribution in [0.1, 0.15) is 25.0 Å². The van der Waals surface area contributed by atoms with Gasteiger partial charge in [-0.25, -0.2) is 4.39 Å². The summed E-state index contributed by atoms with van der Waals surface area (Å²) < 4.78 is 24.1. The highest BCUT2D eigenvalue weighted by atomic mass is 35.5. The molecule has 0 aliphatic rings. The number of hydrogen-bond acceptors (Lipinski definition) is 3. The first-order valence-electron chi connectivity index (χ1n) is 7.46. The molecule has 2 aromatic rings.